The topological polar surface area (TPSA) is 59.6 Å². The van der Waals surface area contributed by atoms with Crippen molar-refractivity contribution in [3.8, 4) is 11.5 Å². The van der Waals surface area contributed by atoms with Crippen molar-refractivity contribution in [3.05, 3.63) is 23.8 Å². The van der Waals surface area contributed by atoms with Gasteiger partial charge in [0.2, 0.25) is 0 Å². The summed E-state index contributed by atoms with van der Waals surface area (Å²) in [6, 6.07) is 6.04. The molecular formula is C17H24N2O3. The van der Waals surface area contributed by atoms with Gasteiger partial charge < -0.3 is 20.1 Å². The van der Waals surface area contributed by atoms with Crippen LogP contribution in [0.3, 0.4) is 0 Å². The van der Waals surface area contributed by atoms with E-state index in [0.29, 0.717) is 12.6 Å². The van der Waals surface area contributed by atoms with E-state index in [0.717, 1.165) is 36.3 Å². The van der Waals surface area contributed by atoms with Crippen LogP contribution < -0.4 is 20.1 Å². The monoisotopic (exact) mass is 304 g/mol. The lowest BCUT2D eigenvalue weighted by Gasteiger charge is -2.28. The molecule has 0 spiro atoms. The van der Waals surface area contributed by atoms with Crippen molar-refractivity contribution in [2.45, 2.75) is 50.6 Å². The molecule has 3 rings (SSSR count). The van der Waals surface area contributed by atoms with Crippen LogP contribution in [0.5, 0.6) is 11.5 Å². The van der Waals surface area contributed by atoms with Crippen molar-refractivity contribution in [1.82, 2.24) is 10.6 Å². The molecule has 5 heteroatoms. The second kappa shape index (κ2) is 6.90. The molecule has 2 aliphatic rings. The van der Waals surface area contributed by atoms with Gasteiger partial charge in [-0.15, -0.1) is 0 Å². The molecule has 22 heavy (non-hydrogen) atoms. The summed E-state index contributed by atoms with van der Waals surface area (Å²) in [7, 11) is 1.65. The normalized spacial score (nSPS) is 21.4. The smallest absolute Gasteiger partial charge is 0.315 e. The number of benzene rings is 1. The summed E-state index contributed by atoms with van der Waals surface area (Å²) in [5.74, 6) is 1.70. The van der Waals surface area contributed by atoms with Crippen LogP contribution in [-0.4, -0.2) is 31.8 Å². The Kier molecular flexibility index (Phi) is 4.71. The summed E-state index contributed by atoms with van der Waals surface area (Å²) in [6.07, 6.45) is 6.66. The first-order valence-corrected chi connectivity index (χ1v) is 8.11. The van der Waals surface area contributed by atoms with Crippen LogP contribution in [0.15, 0.2) is 18.2 Å². The zero-order valence-electron chi connectivity index (χ0n) is 13.1. The molecule has 1 aliphatic heterocycles. The van der Waals surface area contributed by atoms with Gasteiger partial charge in [0.25, 0.3) is 0 Å². The number of methoxy groups -OCH3 is 1. The molecule has 5 nitrogen and oxygen atoms in total. The van der Waals surface area contributed by atoms with Crippen LogP contribution in [0, 0.1) is 0 Å². The Morgan fingerprint density at radius 1 is 1.18 bits per heavy atom. The fraction of sp³-hybridized carbons (Fsp3) is 0.588. The minimum absolute atomic E-state index is 0.00296. The molecular weight excluding hydrogens is 280 g/mol. The molecule has 1 atom stereocenters. The number of hydrogen-bond acceptors (Lipinski definition) is 3. The molecule has 0 radical (unpaired) electrons. The Morgan fingerprint density at radius 2 is 1.95 bits per heavy atom. The van der Waals surface area contributed by atoms with E-state index in [2.05, 4.69) is 10.6 Å². The van der Waals surface area contributed by atoms with Gasteiger partial charge in [0.1, 0.15) is 18.1 Å². The van der Waals surface area contributed by atoms with Crippen molar-refractivity contribution < 1.29 is 14.3 Å². The van der Waals surface area contributed by atoms with Gasteiger partial charge in [-0.25, -0.2) is 4.79 Å². The Hall–Kier alpha value is -1.91. The first kappa shape index (κ1) is 15.0. The fourth-order valence-electron chi connectivity index (χ4n) is 3.25. The average molecular weight is 304 g/mol. The van der Waals surface area contributed by atoms with Gasteiger partial charge in [-0.1, -0.05) is 19.3 Å². The Bertz CT molecular complexity index is 527. The van der Waals surface area contributed by atoms with Gasteiger partial charge in [0.05, 0.1) is 13.2 Å². The van der Waals surface area contributed by atoms with E-state index in [1.54, 1.807) is 7.11 Å². The highest BCUT2D eigenvalue weighted by molar-refractivity contribution is 5.74. The summed E-state index contributed by atoms with van der Waals surface area (Å²) < 4.78 is 11.0. The standard InChI is InChI=1S/C17H24N2O3/c1-21-15-7-8-16-12(10-15)9-14(11-22-16)19-17(20)18-13-5-3-2-4-6-13/h7-8,10,13-14H,2-6,9,11H2,1H3,(H2,18,19,20)/t14-/m0/s1. The molecule has 1 aromatic carbocycles. The lowest BCUT2D eigenvalue weighted by molar-refractivity contribution is 0.209. The Balaban J connectivity index is 1.54. The highest BCUT2D eigenvalue weighted by Gasteiger charge is 2.23. The number of nitrogens with one attached hydrogen (secondary N) is 2. The maximum Gasteiger partial charge on any atom is 0.315 e. The highest BCUT2D eigenvalue weighted by atomic mass is 16.5. The highest BCUT2D eigenvalue weighted by Crippen LogP contribution is 2.28. The Labute approximate surface area is 131 Å². The maximum absolute atomic E-state index is 12.1. The van der Waals surface area contributed by atoms with Crippen molar-refractivity contribution in [3.63, 3.8) is 0 Å². The molecule has 1 aliphatic carbocycles. The van der Waals surface area contributed by atoms with Gasteiger partial charge in [-0.3, -0.25) is 0 Å². The fourth-order valence-corrected chi connectivity index (χ4v) is 3.25. The summed E-state index contributed by atoms with van der Waals surface area (Å²) in [6.45, 7) is 0.511. The molecule has 0 unspecified atom stereocenters. The Morgan fingerprint density at radius 3 is 2.73 bits per heavy atom. The molecule has 1 heterocycles. The molecule has 2 amide bonds. The van der Waals surface area contributed by atoms with Gasteiger partial charge in [0, 0.05) is 6.04 Å². The van der Waals surface area contributed by atoms with E-state index in [1.807, 2.05) is 18.2 Å². The van der Waals surface area contributed by atoms with Crippen LogP contribution in [0.4, 0.5) is 4.79 Å². The third kappa shape index (κ3) is 3.64. The van der Waals surface area contributed by atoms with Gasteiger partial charge >= 0.3 is 6.03 Å². The lowest BCUT2D eigenvalue weighted by Crippen LogP contribution is -2.50. The molecule has 1 fully saturated rings. The van der Waals surface area contributed by atoms with Gasteiger partial charge in [-0.05, 0) is 43.0 Å². The maximum atomic E-state index is 12.1. The van der Waals surface area contributed by atoms with Crippen LogP contribution in [0.2, 0.25) is 0 Å². The van der Waals surface area contributed by atoms with Crippen LogP contribution >= 0.6 is 0 Å². The van der Waals surface area contributed by atoms with Crippen LogP contribution in [-0.2, 0) is 6.42 Å². The first-order valence-electron chi connectivity index (χ1n) is 8.11. The molecule has 2 N–H and O–H groups in total. The predicted octanol–water partition coefficient (Wildman–Crippen LogP) is 2.63. The third-order valence-electron chi connectivity index (χ3n) is 4.45. The number of carbonyl (C=O) groups excluding carboxylic acids is 1. The number of hydrogen-bond donors (Lipinski definition) is 2. The summed E-state index contributed by atoms with van der Waals surface area (Å²) in [5.41, 5.74) is 1.08. The minimum atomic E-state index is -0.0770. The van der Waals surface area contributed by atoms with E-state index in [4.69, 9.17) is 9.47 Å². The van der Waals surface area contributed by atoms with E-state index in [1.165, 1.54) is 19.3 Å². The van der Waals surface area contributed by atoms with Crippen LogP contribution in [0.25, 0.3) is 0 Å². The minimum Gasteiger partial charge on any atom is -0.497 e. The molecule has 0 saturated heterocycles. The van der Waals surface area contributed by atoms with E-state index in [-0.39, 0.29) is 12.1 Å². The molecule has 1 saturated carbocycles. The zero-order valence-corrected chi connectivity index (χ0v) is 13.1. The SMILES string of the molecule is COc1ccc2c(c1)C[C@H](NC(=O)NC1CCCCC1)CO2. The number of amides is 2. The van der Waals surface area contributed by atoms with Crippen molar-refractivity contribution in [2.75, 3.05) is 13.7 Å². The first-order chi connectivity index (χ1) is 10.7. The third-order valence-corrected chi connectivity index (χ3v) is 4.45. The zero-order chi connectivity index (χ0) is 15.4. The quantitative estimate of drug-likeness (QED) is 0.902. The summed E-state index contributed by atoms with van der Waals surface area (Å²) in [4.78, 5) is 12.1. The van der Waals surface area contributed by atoms with Crippen molar-refractivity contribution in [1.29, 1.82) is 0 Å². The largest absolute Gasteiger partial charge is 0.497 e. The van der Waals surface area contributed by atoms with Crippen LogP contribution in [0.1, 0.15) is 37.7 Å². The number of rotatable bonds is 3. The van der Waals surface area contributed by atoms with E-state index < -0.39 is 0 Å². The average Bonchev–Trinajstić information content (AvgIpc) is 2.55. The summed E-state index contributed by atoms with van der Waals surface area (Å²) >= 11 is 0. The number of urea groups is 1. The molecule has 0 bridgehead atoms. The number of fused-ring (bicyclic) bond motifs is 1. The molecule has 1 aromatic rings. The summed E-state index contributed by atoms with van der Waals surface area (Å²) in [5, 5.41) is 6.11. The van der Waals surface area contributed by atoms with E-state index >= 15 is 0 Å². The predicted molar refractivity (Wildman–Crippen MR) is 84.5 cm³/mol. The molecule has 120 valence electrons. The van der Waals surface area contributed by atoms with Crippen molar-refractivity contribution in [2.24, 2.45) is 0 Å². The number of ether oxygens (including phenoxy) is 2. The van der Waals surface area contributed by atoms with Gasteiger partial charge in [0.15, 0.2) is 0 Å². The lowest BCUT2D eigenvalue weighted by atomic mass is 9.96. The van der Waals surface area contributed by atoms with E-state index in [9.17, 15) is 4.79 Å². The van der Waals surface area contributed by atoms with Gasteiger partial charge in [-0.2, -0.15) is 0 Å². The number of carbonyl (C=O) groups is 1. The second-order valence-corrected chi connectivity index (χ2v) is 6.14. The van der Waals surface area contributed by atoms with Crippen molar-refractivity contribution >= 4 is 6.03 Å². The second-order valence-electron chi connectivity index (χ2n) is 6.14. The molecule has 0 aromatic heterocycles.